The molecule has 1 heterocycles. The molecule has 0 saturated carbocycles. The highest BCUT2D eigenvalue weighted by Gasteiger charge is 2.21. The number of amides is 1. The average Bonchev–Trinajstić information content (AvgIpc) is 2.46. The molecule has 3 heteroatoms. The van der Waals surface area contributed by atoms with E-state index in [1.807, 2.05) is 4.90 Å². The van der Waals surface area contributed by atoms with Crippen molar-refractivity contribution in [3.05, 3.63) is 35.4 Å². The van der Waals surface area contributed by atoms with E-state index in [0.29, 0.717) is 12.3 Å². The van der Waals surface area contributed by atoms with Crippen LogP contribution in [-0.4, -0.2) is 35.6 Å². The van der Waals surface area contributed by atoms with Crippen LogP contribution in [0.2, 0.25) is 0 Å². The fraction of sp³-hybridized carbons (Fsp3) is 0.562. The highest BCUT2D eigenvalue weighted by molar-refractivity contribution is 5.76. The largest absolute Gasteiger partial charge is 0.396 e. The van der Waals surface area contributed by atoms with Gasteiger partial charge in [-0.15, -0.1) is 0 Å². The van der Waals surface area contributed by atoms with Crippen LogP contribution >= 0.6 is 0 Å². The maximum atomic E-state index is 12.1. The standard InChI is InChI=1S/C16H23NO2/c1-13-2-4-14(5-3-13)6-7-16(19)17-10-8-15(12-18)9-11-17/h2-5,15,18H,6-12H2,1H3. The second-order valence-corrected chi connectivity index (χ2v) is 5.49. The Kier molecular flexibility index (Phi) is 4.97. The fourth-order valence-corrected chi connectivity index (χ4v) is 2.53. The second kappa shape index (κ2) is 6.71. The van der Waals surface area contributed by atoms with E-state index in [1.54, 1.807) is 0 Å². The molecule has 0 aromatic heterocycles. The third-order valence-corrected chi connectivity index (χ3v) is 3.97. The Morgan fingerprint density at radius 2 is 1.89 bits per heavy atom. The molecule has 2 rings (SSSR count). The van der Waals surface area contributed by atoms with E-state index in [1.165, 1.54) is 11.1 Å². The summed E-state index contributed by atoms with van der Waals surface area (Å²) in [5.74, 6) is 0.637. The second-order valence-electron chi connectivity index (χ2n) is 5.49. The maximum absolute atomic E-state index is 12.1. The Morgan fingerprint density at radius 3 is 2.47 bits per heavy atom. The molecule has 1 aliphatic rings. The van der Waals surface area contributed by atoms with Gasteiger partial charge in [0.25, 0.3) is 0 Å². The van der Waals surface area contributed by atoms with Crippen LogP contribution in [0.5, 0.6) is 0 Å². The van der Waals surface area contributed by atoms with Crippen LogP contribution in [0.3, 0.4) is 0 Å². The molecule has 1 fully saturated rings. The number of rotatable bonds is 4. The summed E-state index contributed by atoms with van der Waals surface area (Å²) in [5, 5.41) is 9.09. The highest BCUT2D eigenvalue weighted by Crippen LogP contribution is 2.17. The summed E-state index contributed by atoms with van der Waals surface area (Å²) in [7, 11) is 0. The molecular weight excluding hydrogens is 238 g/mol. The summed E-state index contributed by atoms with van der Waals surface area (Å²) < 4.78 is 0. The van der Waals surface area contributed by atoms with Crippen LogP contribution in [0.15, 0.2) is 24.3 Å². The van der Waals surface area contributed by atoms with Crippen molar-refractivity contribution in [3.63, 3.8) is 0 Å². The minimum atomic E-state index is 0.247. The average molecular weight is 261 g/mol. The van der Waals surface area contributed by atoms with Gasteiger partial charge < -0.3 is 10.0 Å². The molecule has 0 atom stereocenters. The molecule has 0 unspecified atom stereocenters. The predicted molar refractivity (Wildman–Crippen MR) is 75.9 cm³/mol. The van der Waals surface area contributed by atoms with Gasteiger partial charge in [-0.2, -0.15) is 0 Å². The number of likely N-dealkylation sites (tertiary alicyclic amines) is 1. The van der Waals surface area contributed by atoms with Crippen molar-refractivity contribution in [3.8, 4) is 0 Å². The van der Waals surface area contributed by atoms with Crippen molar-refractivity contribution in [1.82, 2.24) is 4.90 Å². The summed E-state index contributed by atoms with van der Waals surface area (Å²) in [4.78, 5) is 14.0. The minimum Gasteiger partial charge on any atom is -0.396 e. The first kappa shape index (κ1) is 14.1. The maximum Gasteiger partial charge on any atom is 0.222 e. The number of aliphatic hydroxyl groups excluding tert-OH is 1. The summed E-state index contributed by atoms with van der Waals surface area (Å²) in [5.41, 5.74) is 2.48. The lowest BCUT2D eigenvalue weighted by atomic mass is 9.97. The lowest BCUT2D eigenvalue weighted by Crippen LogP contribution is -2.39. The molecule has 1 aromatic carbocycles. The van der Waals surface area contributed by atoms with Gasteiger partial charge in [0.1, 0.15) is 0 Å². The van der Waals surface area contributed by atoms with Gasteiger partial charge in [-0.05, 0) is 37.7 Å². The van der Waals surface area contributed by atoms with E-state index in [4.69, 9.17) is 5.11 Å². The first-order chi connectivity index (χ1) is 9.19. The number of hydrogen-bond donors (Lipinski definition) is 1. The van der Waals surface area contributed by atoms with E-state index >= 15 is 0 Å². The molecule has 104 valence electrons. The van der Waals surface area contributed by atoms with E-state index in [0.717, 1.165) is 32.4 Å². The fourth-order valence-electron chi connectivity index (χ4n) is 2.53. The zero-order valence-electron chi connectivity index (χ0n) is 11.6. The van der Waals surface area contributed by atoms with Crippen molar-refractivity contribution in [1.29, 1.82) is 0 Å². The summed E-state index contributed by atoms with van der Waals surface area (Å²) in [6.45, 7) is 3.93. The van der Waals surface area contributed by atoms with Crippen LogP contribution in [0, 0.1) is 12.8 Å². The smallest absolute Gasteiger partial charge is 0.222 e. The Bertz CT molecular complexity index is 405. The SMILES string of the molecule is Cc1ccc(CCC(=O)N2CCC(CO)CC2)cc1. The van der Waals surface area contributed by atoms with Gasteiger partial charge in [-0.1, -0.05) is 29.8 Å². The monoisotopic (exact) mass is 261 g/mol. The number of piperidine rings is 1. The quantitative estimate of drug-likeness (QED) is 0.902. The van der Waals surface area contributed by atoms with E-state index < -0.39 is 0 Å². The molecule has 3 nitrogen and oxygen atoms in total. The van der Waals surface area contributed by atoms with Gasteiger partial charge in [0, 0.05) is 26.1 Å². The lowest BCUT2D eigenvalue weighted by Gasteiger charge is -2.31. The molecule has 1 N–H and O–H groups in total. The highest BCUT2D eigenvalue weighted by atomic mass is 16.3. The Labute approximate surface area is 115 Å². The Hall–Kier alpha value is -1.35. The third-order valence-electron chi connectivity index (χ3n) is 3.97. The van der Waals surface area contributed by atoms with Crippen molar-refractivity contribution in [2.24, 2.45) is 5.92 Å². The minimum absolute atomic E-state index is 0.247. The molecule has 0 radical (unpaired) electrons. The topological polar surface area (TPSA) is 40.5 Å². The molecule has 1 aromatic rings. The van der Waals surface area contributed by atoms with Crippen molar-refractivity contribution >= 4 is 5.91 Å². The number of carbonyl (C=O) groups excluding carboxylic acids is 1. The van der Waals surface area contributed by atoms with Crippen LogP contribution in [0.25, 0.3) is 0 Å². The molecule has 0 aliphatic carbocycles. The van der Waals surface area contributed by atoms with E-state index in [-0.39, 0.29) is 12.5 Å². The Balaban J connectivity index is 1.77. The van der Waals surface area contributed by atoms with Gasteiger partial charge >= 0.3 is 0 Å². The molecule has 0 spiro atoms. The lowest BCUT2D eigenvalue weighted by molar-refractivity contribution is -0.132. The van der Waals surface area contributed by atoms with Crippen LogP contribution < -0.4 is 0 Å². The summed E-state index contributed by atoms with van der Waals surface area (Å²) >= 11 is 0. The van der Waals surface area contributed by atoms with Gasteiger partial charge in [-0.25, -0.2) is 0 Å². The molecule has 0 bridgehead atoms. The van der Waals surface area contributed by atoms with Crippen LogP contribution in [0.4, 0.5) is 0 Å². The third kappa shape index (κ3) is 4.06. The van der Waals surface area contributed by atoms with E-state index in [9.17, 15) is 4.79 Å². The molecule has 1 saturated heterocycles. The molecule has 1 aliphatic heterocycles. The van der Waals surface area contributed by atoms with Crippen LogP contribution in [0.1, 0.15) is 30.4 Å². The number of hydrogen-bond acceptors (Lipinski definition) is 2. The number of aryl methyl sites for hydroxylation is 2. The number of nitrogens with zero attached hydrogens (tertiary/aromatic N) is 1. The zero-order chi connectivity index (χ0) is 13.7. The molecular formula is C16H23NO2. The zero-order valence-corrected chi connectivity index (χ0v) is 11.6. The number of carbonyl (C=O) groups is 1. The van der Waals surface area contributed by atoms with E-state index in [2.05, 4.69) is 31.2 Å². The van der Waals surface area contributed by atoms with Crippen molar-refractivity contribution < 1.29 is 9.90 Å². The van der Waals surface area contributed by atoms with Crippen LogP contribution in [-0.2, 0) is 11.2 Å². The number of benzene rings is 1. The molecule has 19 heavy (non-hydrogen) atoms. The first-order valence-electron chi connectivity index (χ1n) is 7.13. The summed E-state index contributed by atoms with van der Waals surface area (Å²) in [6, 6.07) is 8.38. The van der Waals surface area contributed by atoms with Gasteiger partial charge in [0.15, 0.2) is 0 Å². The van der Waals surface area contributed by atoms with Gasteiger partial charge in [0.05, 0.1) is 0 Å². The molecule has 1 amide bonds. The first-order valence-corrected chi connectivity index (χ1v) is 7.13. The van der Waals surface area contributed by atoms with Crippen molar-refractivity contribution in [2.75, 3.05) is 19.7 Å². The number of aliphatic hydroxyl groups is 1. The van der Waals surface area contributed by atoms with Crippen molar-refractivity contribution in [2.45, 2.75) is 32.6 Å². The van der Waals surface area contributed by atoms with Gasteiger partial charge in [0.2, 0.25) is 5.91 Å². The Morgan fingerprint density at radius 1 is 1.26 bits per heavy atom. The predicted octanol–water partition coefficient (Wildman–Crippen LogP) is 2.16. The van der Waals surface area contributed by atoms with Gasteiger partial charge in [-0.3, -0.25) is 4.79 Å². The summed E-state index contributed by atoms with van der Waals surface area (Å²) in [6.07, 6.45) is 3.28. The normalized spacial score (nSPS) is 16.6.